The molecule has 4 rings (SSSR count). The molecule has 2 aromatic carbocycles. The Morgan fingerprint density at radius 3 is 2.72 bits per heavy atom. The molecule has 4 nitrogen and oxygen atoms in total. The zero-order valence-corrected chi connectivity index (χ0v) is 17.7. The Bertz CT molecular complexity index is 1130. The summed E-state index contributed by atoms with van der Waals surface area (Å²) < 4.78 is 0. The van der Waals surface area contributed by atoms with E-state index in [1.165, 1.54) is 11.6 Å². The summed E-state index contributed by atoms with van der Waals surface area (Å²) in [5, 5.41) is 14.8. The molecule has 0 spiro atoms. The number of hydrogen-bond acceptors (Lipinski definition) is 4. The normalized spacial score (nSPS) is 14.3. The first kappa shape index (κ1) is 20.1. The Morgan fingerprint density at radius 2 is 1.90 bits per heavy atom. The van der Waals surface area contributed by atoms with E-state index in [9.17, 15) is 9.90 Å². The summed E-state index contributed by atoms with van der Waals surface area (Å²) in [7, 11) is 0. The quantitative estimate of drug-likeness (QED) is 0.458. The van der Waals surface area contributed by atoms with Gasteiger partial charge in [0, 0.05) is 27.2 Å². The molecular weight excluding hydrogens is 427 g/mol. The molecule has 0 radical (unpaired) electrons. The highest BCUT2D eigenvalue weighted by Crippen LogP contribution is 2.38. The highest BCUT2D eigenvalue weighted by atomic mass is 35.5. The zero-order chi connectivity index (χ0) is 20.4. The standard InChI is InChI=1S/C22H18Cl2N2O2S/c23-14-3-5-19-16(10-14)21(18(12-25-19)13-2-1-8-29-9-7-13)26-20-6-4-15(24)11-17(20)22(27)28/h2-6,10-12H,1,7-9H2,(H,25,26)(H,27,28). The van der Waals surface area contributed by atoms with Gasteiger partial charge in [-0.2, -0.15) is 11.8 Å². The predicted molar refractivity (Wildman–Crippen MR) is 123 cm³/mol. The van der Waals surface area contributed by atoms with Gasteiger partial charge in [0.1, 0.15) is 0 Å². The summed E-state index contributed by atoms with van der Waals surface area (Å²) in [5.74, 6) is 1.10. The molecule has 29 heavy (non-hydrogen) atoms. The molecule has 1 aliphatic rings. The van der Waals surface area contributed by atoms with Gasteiger partial charge < -0.3 is 10.4 Å². The van der Waals surface area contributed by atoms with Crippen molar-refractivity contribution in [3.63, 3.8) is 0 Å². The fourth-order valence-electron chi connectivity index (χ4n) is 3.43. The summed E-state index contributed by atoms with van der Waals surface area (Å²) >= 11 is 14.2. The number of nitrogens with zero attached hydrogens (tertiary/aromatic N) is 1. The Morgan fingerprint density at radius 1 is 1.10 bits per heavy atom. The van der Waals surface area contributed by atoms with E-state index in [0.717, 1.165) is 46.5 Å². The van der Waals surface area contributed by atoms with Crippen LogP contribution in [0.4, 0.5) is 11.4 Å². The maximum absolute atomic E-state index is 11.8. The van der Waals surface area contributed by atoms with Crippen LogP contribution in [0.15, 0.2) is 48.7 Å². The van der Waals surface area contributed by atoms with Gasteiger partial charge in [0.25, 0.3) is 0 Å². The SMILES string of the molecule is O=C(O)c1cc(Cl)ccc1Nc1c(C2=CCCSCC2)cnc2ccc(Cl)cc12. The van der Waals surface area contributed by atoms with E-state index in [0.29, 0.717) is 15.7 Å². The average molecular weight is 445 g/mol. The van der Waals surface area contributed by atoms with Crippen LogP contribution in [0.3, 0.4) is 0 Å². The Balaban J connectivity index is 1.91. The van der Waals surface area contributed by atoms with Gasteiger partial charge in [0.05, 0.1) is 22.5 Å². The molecule has 0 amide bonds. The van der Waals surface area contributed by atoms with Crippen LogP contribution in [-0.4, -0.2) is 27.6 Å². The second kappa shape index (κ2) is 8.66. The summed E-state index contributed by atoms with van der Waals surface area (Å²) in [6.07, 6.45) is 6.03. The molecule has 0 unspecified atom stereocenters. The number of pyridine rings is 1. The summed E-state index contributed by atoms with van der Waals surface area (Å²) in [4.78, 5) is 16.4. The largest absolute Gasteiger partial charge is 0.478 e. The lowest BCUT2D eigenvalue weighted by Crippen LogP contribution is -2.05. The lowest BCUT2D eigenvalue weighted by molar-refractivity contribution is 0.0698. The van der Waals surface area contributed by atoms with Gasteiger partial charge in [-0.25, -0.2) is 4.79 Å². The number of hydrogen-bond donors (Lipinski definition) is 2. The number of carboxylic acid groups (broad SMARTS) is 1. The number of thioether (sulfide) groups is 1. The lowest BCUT2D eigenvalue weighted by atomic mass is 9.99. The summed E-state index contributed by atoms with van der Waals surface area (Å²) in [6.45, 7) is 0. The van der Waals surface area contributed by atoms with Crippen molar-refractivity contribution in [3.05, 3.63) is 69.8 Å². The van der Waals surface area contributed by atoms with Gasteiger partial charge >= 0.3 is 5.97 Å². The number of aromatic carboxylic acids is 1. The number of allylic oxidation sites excluding steroid dienone is 2. The molecule has 1 aliphatic heterocycles. The van der Waals surface area contributed by atoms with Crippen molar-refractivity contribution in [2.45, 2.75) is 12.8 Å². The zero-order valence-electron chi connectivity index (χ0n) is 15.4. The van der Waals surface area contributed by atoms with Gasteiger partial charge in [-0.1, -0.05) is 29.3 Å². The molecule has 0 bridgehead atoms. The molecule has 2 heterocycles. The number of anilines is 2. The number of nitrogens with one attached hydrogen (secondary N) is 1. The first-order chi connectivity index (χ1) is 14.0. The van der Waals surface area contributed by atoms with E-state index in [1.807, 2.05) is 30.1 Å². The Labute approximate surface area is 182 Å². The van der Waals surface area contributed by atoms with Crippen molar-refractivity contribution < 1.29 is 9.90 Å². The highest BCUT2D eigenvalue weighted by molar-refractivity contribution is 7.99. The first-order valence-corrected chi connectivity index (χ1v) is 11.1. The minimum absolute atomic E-state index is 0.112. The van der Waals surface area contributed by atoms with Crippen molar-refractivity contribution in [1.82, 2.24) is 4.98 Å². The Kier molecular flexibility index (Phi) is 5.99. The average Bonchev–Trinajstić information content (AvgIpc) is 2.99. The third kappa shape index (κ3) is 4.37. The maximum Gasteiger partial charge on any atom is 0.337 e. The molecule has 0 saturated heterocycles. The minimum Gasteiger partial charge on any atom is -0.478 e. The van der Waals surface area contributed by atoms with Crippen LogP contribution in [0.1, 0.15) is 28.8 Å². The van der Waals surface area contributed by atoms with Crippen molar-refractivity contribution in [2.75, 3.05) is 16.8 Å². The van der Waals surface area contributed by atoms with Crippen molar-refractivity contribution in [2.24, 2.45) is 0 Å². The summed E-state index contributed by atoms with van der Waals surface area (Å²) in [6, 6.07) is 10.3. The van der Waals surface area contributed by atoms with Crippen LogP contribution in [0.5, 0.6) is 0 Å². The smallest absolute Gasteiger partial charge is 0.337 e. The molecule has 148 valence electrons. The van der Waals surface area contributed by atoms with Gasteiger partial charge in [-0.05, 0) is 66.3 Å². The molecule has 0 atom stereocenters. The van der Waals surface area contributed by atoms with Crippen LogP contribution >= 0.6 is 35.0 Å². The molecule has 7 heteroatoms. The molecule has 1 aromatic heterocycles. The van der Waals surface area contributed by atoms with Gasteiger partial charge in [-0.15, -0.1) is 0 Å². The van der Waals surface area contributed by atoms with Crippen LogP contribution in [-0.2, 0) is 0 Å². The highest BCUT2D eigenvalue weighted by Gasteiger charge is 2.18. The van der Waals surface area contributed by atoms with E-state index >= 15 is 0 Å². The molecular formula is C22H18Cl2N2O2S. The van der Waals surface area contributed by atoms with Crippen LogP contribution in [0.25, 0.3) is 16.5 Å². The number of aromatic nitrogens is 1. The van der Waals surface area contributed by atoms with Gasteiger partial charge in [0.15, 0.2) is 0 Å². The topological polar surface area (TPSA) is 62.2 Å². The molecule has 2 N–H and O–H groups in total. The lowest BCUT2D eigenvalue weighted by Gasteiger charge is -2.18. The van der Waals surface area contributed by atoms with E-state index in [2.05, 4.69) is 16.4 Å². The van der Waals surface area contributed by atoms with Gasteiger partial charge in [0.2, 0.25) is 0 Å². The van der Waals surface area contributed by atoms with Crippen molar-refractivity contribution in [1.29, 1.82) is 0 Å². The third-order valence-corrected chi connectivity index (χ3v) is 6.30. The fourth-order valence-corrected chi connectivity index (χ4v) is 4.62. The second-order valence-electron chi connectivity index (χ2n) is 6.71. The fraction of sp³-hybridized carbons (Fsp3) is 0.182. The third-order valence-electron chi connectivity index (χ3n) is 4.82. The minimum atomic E-state index is -1.04. The number of rotatable bonds is 4. The van der Waals surface area contributed by atoms with E-state index in [1.54, 1.807) is 18.2 Å². The molecule has 0 aliphatic carbocycles. The van der Waals surface area contributed by atoms with Crippen LogP contribution in [0, 0.1) is 0 Å². The number of carbonyl (C=O) groups is 1. The maximum atomic E-state index is 11.8. The number of fused-ring (bicyclic) bond motifs is 1. The molecule has 3 aromatic rings. The summed E-state index contributed by atoms with van der Waals surface area (Å²) in [5.41, 5.74) is 4.35. The van der Waals surface area contributed by atoms with Gasteiger partial charge in [-0.3, -0.25) is 4.98 Å². The monoisotopic (exact) mass is 444 g/mol. The number of halogens is 2. The molecule has 0 fully saturated rings. The number of benzene rings is 2. The predicted octanol–water partition coefficient (Wildman–Crippen LogP) is 6.89. The van der Waals surface area contributed by atoms with Crippen molar-refractivity contribution >= 4 is 68.8 Å². The second-order valence-corrected chi connectivity index (χ2v) is 8.81. The van der Waals surface area contributed by atoms with Crippen molar-refractivity contribution in [3.8, 4) is 0 Å². The van der Waals surface area contributed by atoms with E-state index in [4.69, 9.17) is 23.2 Å². The number of carboxylic acids is 1. The van der Waals surface area contributed by atoms with E-state index < -0.39 is 5.97 Å². The van der Waals surface area contributed by atoms with Crippen LogP contribution in [0.2, 0.25) is 10.0 Å². The van der Waals surface area contributed by atoms with E-state index in [-0.39, 0.29) is 5.56 Å². The first-order valence-electron chi connectivity index (χ1n) is 9.18. The molecule has 0 saturated carbocycles. The van der Waals surface area contributed by atoms with Crippen LogP contribution < -0.4 is 5.32 Å². The Hall–Kier alpha value is -2.21.